The molecule has 0 spiro atoms. The normalized spacial score (nSPS) is 22.1. The molecular formula is C10H19NO2S. The third-order valence-corrected chi connectivity index (χ3v) is 4.25. The molecule has 1 rings (SSSR count). The Labute approximate surface area is 86.5 Å². The van der Waals surface area contributed by atoms with Crippen LogP contribution < -0.4 is 5.32 Å². The van der Waals surface area contributed by atoms with Gasteiger partial charge in [-0.1, -0.05) is 5.57 Å². The standard InChI is InChI=1S/C10H19NO2S/c1-9(2)3-6-11-10-4-7-14(12,13)8-5-10/h10-11H,1,3-8H2,2H3. The van der Waals surface area contributed by atoms with E-state index in [1.807, 2.05) is 6.92 Å². The molecule has 0 aliphatic carbocycles. The van der Waals surface area contributed by atoms with Crippen molar-refractivity contribution in [3.05, 3.63) is 12.2 Å². The monoisotopic (exact) mass is 217 g/mol. The van der Waals surface area contributed by atoms with E-state index in [4.69, 9.17) is 0 Å². The Morgan fingerprint density at radius 2 is 2.00 bits per heavy atom. The van der Waals surface area contributed by atoms with E-state index in [2.05, 4.69) is 11.9 Å². The highest BCUT2D eigenvalue weighted by molar-refractivity contribution is 7.91. The third kappa shape index (κ3) is 4.24. The Morgan fingerprint density at radius 1 is 1.43 bits per heavy atom. The van der Waals surface area contributed by atoms with E-state index in [0.717, 1.165) is 25.8 Å². The zero-order valence-corrected chi connectivity index (χ0v) is 9.57. The van der Waals surface area contributed by atoms with E-state index < -0.39 is 9.84 Å². The zero-order chi connectivity index (χ0) is 10.6. The van der Waals surface area contributed by atoms with Crippen molar-refractivity contribution in [3.63, 3.8) is 0 Å². The van der Waals surface area contributed by atoms with Gasteiger partial charge < -0.3 is 5.32 Å². The summed E-state index contributed by atoms with van der Waals surface area (Å²) in [5.41, 5.74) is 1.17. The van der Waals surface area contributed by atoms with Gasteiger partial charge in [-0.05, 0) is 32.7 Å². The number of sulfone groups is 1. The Kier molecular flexibility index (Phi) is 4.13. The summed E-state index contributed by atoms with van der Waals surface area (Å²) in [7, 11) is -2.71. The topological polar surface area (TPSA) is 46.2 Å². The summed E-state index contributed by atoms with van der Waals surface area (Å²) in [6, 6.07) is 0.387. The van der Waals surface area contributed by atoms with E-state index in [1.54, 1.807) is 0 Å². The van der Waals surface area contributed by atoms with Crippen LogP contribution in [0.1, 0.15) is 26.2 Å². The molecule has 1 fully saturated rings. The van der Waals surface area contributed by atoms with E-state index in [9.17, 15) is 8.42 Å². The van der Waals surface area contributed by atoms with Crippen molar-refractivity contribution in [2.75, 3.05) is 18.1 Å². The molecule has 82 valence electrons. The van der Waals surface area contributed by atoms with Crippen molar-refractivity contribution in [2.24, 2.45) is 0 Å². The minimum absolute atomic E-state index is 0.345. The van der Waals surface area contributed by atoms with Gasteiger partial charge in [0.25, 0.3) is 0 Å². The average Bonchev–Trinajstić information content (AvgIpc) is 2.07. The van der Waals surface area contributed by atoms with Gasteiger partial charge in [-0.3, -0.25) is 0 Å². The van der Waals surface area contributed by atoms with Crippen molar-refractivity contribution < 1.29 is 8.42 Å². The minimum atomic E-state index is -2.71. The lowest BCUT2D eigenvalue weighted by atomic mass is 10.1. The van der Waals surface area contributed by atoms with Crippen LogP contribution in [0.15, 0.2) is 12.2 Å². The second-order valence-electron chi connectivity index (χ2n) is 4.09. The number of rotatable bonds is 4. The summed E-state index contributed by atoms with van der Waals surface area (Å²) in [5.74, 6) is 0.690. The number of hydrogen-bond donors (Lipinski definition) is 1. The summed E-state index contributed by atoms with van der Waals surface area (Å²) in [5, 5.41) is 3.37. The van der Waals surface area contributed by atoms with Gasteiger partial charge in [-0.25, -0.2) is 8.42 Å². The van der Waals surface area contributed by atoms with Gasteiger partial charge in [0.05, 0.1) is 11.5 Å². The highest BCUT2D eigenvalue weighted by Crippen LogP contribution is 2.12. The van der Waals surface area contributed by atoms with Gasteiger partial charge in [0.1, 0.15) is 9.84 Å². The van der Waals surface area contributed by atoms with Gasteiger partial charge in [0, 0.05) is 6.04 Å². The summed E-state index contributed by atoms with van der Waals surface area (Å²) >= 11 is 0. The second-order valence-corrected chi connectivity index (χ2v) is 6.39. The molecule has 14 heavy (non-hydrogen) atoms. The fourth-order valence-electron chi connectivity index (χ4n) is 1.58. The number of nitrogens with one attached hydrogen (secondary N) is 1. The quantitative estimate of drug-likeness (QED) is 0.718. The summed E-state index contributed by atoms with van der Waals surface area (Å²) < 4.78 is 22.3. The predicted molar refractivity (Wildman–Crippen MR) is 59.1 cm³/mol. The Morgan fingerprint density at radius 3 is 2.50 bits per heavy atom. The molecule has 4 heteroatoms. The van der Waals surface area contributed by atoms with Crippen LogP contribution in [-0.4, -0.2) is 32.5 Å². The maximum Gasteiger partial charge on any atom is 0.150 e. The molecule has 0 unspecified atom stereocenters. The van der Waals surface area contributed by atoms with Crippen LogP contribution in [0.3, 0.4) is 0 Å². The molecule has 1 saturated heterocycles. The summed E-state index contributed by atoms with van der Waals surface area (Å²) in [4.78, 5) is 0. The molecule has 0 aromatic heterocycles. The van der Waals surface area contributed by atoms with Crippen LogP contribution >= 0.6 is 0 Å². The highest BCUT2D eigenvalue weighted by atomic mass is 32.2. The molecule has 0 aromatic carbocycles. The van der Waals surface area contributed by atoms with Crippen LogP contribution in [0.4, 0.5) is 0 Å². The minimum Gasteiger partial charge on any atom is -0.314 e. The van der Waals surface area contributed by atoms with Crippen molar-refractivity contribution >= 4 is 9.84 Å². The molecule has 0 bridgehead atoms. The van der Waals surface area contributed by atoms with E-state index >= 15 is 0 Å². The van der Waals surface area contributed by atoms with Gasteiger partial charge in [0.15, 0.2) is 0 Å². The first-order chi connectivity index (χ1) is 6.49. The SMILES string of the molecule is C=C(C)CCNC1CCS(=O)(=O)CC1. The molecule has 1 aliphatic rings. The molecular weight excluding hydrogens is 198 g/mol. The smallest absolute Gasteiger partial charge is 0.150 e. The average molecular weight is 217 g/mol. The van der Waals surface area contributed by atoms with Gasteiger partial charge in [-0.15, -0.1) is 6.58 Å². The predicted octanol–water partition coefficient (Wildman–Crippen LogP) is 1.12. The Hall–Kier alpha value is -0.350. The fraction of sp³-hybridized carbons (Fsp3) is 0.800. The van der Waals surface area contributed by atoms with Crippen LogP contribution in [0, 0.1) is 0 Å². The first-order valence-corrected chi connectivity index (χ1v) is 6.90. The van der Waals surface area contributed by atoms with Gasteiger partial charge in [-0.2, -0.15) is 0 Å². The van der Waals surface area contributed by atoms with Crippen LogP contribution in [0.2, 0.25) is 0 Å². The molecule has 3 nitrogen and oxygen atoms in total. The molecule has 0 atom stereocenters. The first kappa shape index (κ1) is 11.7. The largest absolute Gasteiger partial charge is 0.314 e. The molecule has 0 aromatic rings. The molecule has 0 radical (unpaired) electrons. The maximum absolute atomic E-state index is 11.1. The molecule has 0 amide bonds. The lowest BCUT2D eigenvalue weighted by Crippen LogP contribution is -2.37. The van der Waals surface area contributed by atoms with Crippen LogP contribution in [-0.2, 0) is 9.84 Å². The Balaban J connectivity index is 2.19. The third-order valence-electron chi connectivity index (χ3n) is 2.54. The van der Waals surface area contributed by atoms with Crippen molar-refractivity contribution in [2.45, 2.75) is 32.2 Å². The maximum atomic E-state index is 11.1. The van der Waals surface area contributed by atoms with Crippen molar-refractivity contribution in [3.8, 4) is 0 Å². The molecule has 1 N–H and O–H groups in total. The van der Waals surface area contributed by atoms with Crippen molar-refractivity contribution in [1.82, 2.24) is 5.32 Å². The van der Waals surface area contributed by atoms with E-state index in [-0.39, 0.29) is 0 Å². The van der Waals surface area contributed by atoms with Gasteiger partial charge >= 0.3 is 0 Å². The summed E-state index contributed by atoms with van der Waals surface area (Å²) in [6.07, 6.45) is 2.50. The summed E-state index contributed by atoms with van der Waals surface area (Å²) in [6.45, 7) is 6.75. The van der Waals surface area contributed by atoms with E-state index in [1.165, 1.54) is 5.57 Å². The lowest BCUT2D eigenvalue weighted by molar-refractivity contribution is 0.466. The lowest BCUT2D eigenvalue weighted by Gasteiger charge is -2.23. The molecule has 1 heterocycles. The Bertz CT molecular complexity index is 281. The van der Waals surface area contributed by atoms with Crippen molar-refractivity contribution in [1.29, 1.82) is 0 Å². The van der Waals surface area contributed by atoms with Crippen LogP contribution in [0.25, 0.3) is 0 Å². The second kappa shape index (κ2) is 4.94. The van der Waals surface area contributed by atoms with E-state index in [0.29, 0.717) is 17.5 Å². The fourth-order valence-corrected chi connectivity index (χ4v) is 3.08. The van der Waals surface area contributed by atoms with Gasteiger partial charge in [0.2, 0.25) is 0 Å². The molecule has 0 saturated carbocycles. The molecule has 1 aliphatic heterocycles. The van der Waals surface area contributed by atoms with Crippen LogP contribution in [0.5, 0.6) is 0 Å². The zero-order valence-electron chi connectivity index (χ0n) is 8.75. The highest BCUT2D eigenvalue weighted by Gasteiger charge is 2.22. The first-order valence-electron chi connectivity index (χ1n) is 5.08. The number of hydrogen-bond acceptors (Lipinski definition) is 3.